The van der Waals surface area contributed by atoms with Crippen LogP contribution < -0.4 is 10.5 Å². The van der Waals surface area contributed by atoms with Crippen molar-refractivity contribution in [3.05, 3.63) is 52.5 Å². The maximum atomic E-state index is 10.3. The molecule has 0 aliphatic heterocycles. The van der Waals surface area contributed by atoms with Gasteiger partial charge in [0.1, 0.15) is 5.75 Å². The molecule has 0 amide bonds. The lowest BCUT2D eigenvalue weighted by molar-refractivity contribution is 0.404. The SMILES string of the molecule is CC(C)(C)c1cc(CN)c(O)c(Oc2ccc(Cl)cc2)c1. The molecule has 0 aromatic heterocycles. The van der Waals surface area contributed by atoms with Crippen LogP contribution in [-0.4, -0.2) is 5.11 Å². The molecule has 0 heterocycles. The highest BCUT2D eigenvalue weighted by atomic mass is 35.5. The quantitative estimate of drug-likeness (QED) is 0.871. The summed E-state index contributed by atoms with van der Waals surface area (Å²) in [5.74, 6) is 1.11. The molecule has 0 atom stereocenters. The Morgan fingerprint density at radius 2 is 1.76 bits per heavy atom. The zero-order valence-corrected chi connectivity index (χ0v) is 13.2. The van der Waals surface area contributed by atoms with Crippen LogP contribution in [0.4, 0.5) is 0 Å². The minimum Gasteiger partial charge on any atom is -0.504 e. The number of hydrogen-bond acceptors (Lipinski definition) is 3. The zero-order valence-electron chi connectivity index (χ0n) is 12.5. The van der Waals surface area contributed by atoms with Crippen molar-refractivity contribution in [2.45, 2.75) is 32.7 Å². The smallest absolute Gasteiger partial charge is 0.169 e. The summed E-state index contributed by atoms with van der Waals surface area (Å²) in [6, 6.07) is 10.8. The summed E-state index contributed by atoms with van der Waals surface area (Å²) in [5, 5.41) is 10.9. The average molecular weight is 306 g/mol. The lowest BCUT2D eigenvalue weighted by atomic mass is 9.85. The molecule has 3 nitrogen and oxygen atoms in total. The number of phenols is 1. The van der Waals surface area contributed by atoms with Crippen LogP contribution in [0, 0.1) is 0 Å². The number of phenolic OH excluding ortho intramolecular Hbond substituents is 1. The third-order valence-corrected chi connectivity index (χ3v) is 3.53. The van der Waals surface area contributed by atoms with Gasteiger partial charge in [0.05, 0.1) is 0 Å². The third-order valence-electron chi connectivity index (χ3n) is 3.28. The highest BCUT2D eigenvalue weighted by molar-refractivity contribution is 6.30. The van der Waals surface area contributed by atoms with Crippen LogP contribution in [0.15, 0.2) is 36.4 Å². The first-order valence-electron chi connectivity index (χ1n) is 6.81. The van der Waals surface area contributed by atoms with Gasteiger partial charge in [-0.15, -0.1) is 0 Å². The zero-order chi connectivity index (χ0) is 15.6. The van der Waals surface area contributed by atoms with E-state index in [0.717, 1.165) is 5.56 Å². The molecule has 0 saturated carbocycles. The van der Waals surface area contributed by atoms with Crippen LogP contribution in [0.5, 0.6) is 17.2 Å². The molecule has 4 heteroatoms. The van der Waals surface area contributed by atoms with Crippen LogP contribution >= 0.6 is 11.6 Å². The topological polar surface area (TPSA) is 55.5 Å². The number of benzene rings is 2. The lowest BCUT2D eigenvalue weighted by Gasteiger charge is -2.22. The number of aromatic hydroxyl groups is 1. The Bertz CT molecular complexity index is 630. The van der Waals surface area contributed by atoms with Gasteiger partial charge in [0, 0.05) is 17.1 Å². The standard InChI is InChI=1S/C17H20ClNO2/c1-17(2,3)12-8-11(10-19)16(20)15(9-12)21-14-6-4-13(18)5-7-14/h4-9,20H,10,19H2,1-3H3. The van der Waals surface area contributed by atoms with E-state index in [2.05, 4.69) is 20.8 Å². The van der Waals surface area contributed by atoms with Gasteiger partial charge < -0.3 is 15.6 Å². The van der Waals surface area contributed by atoms with Crippen LogP contribution in [-0.2, 0) is 12.0 Å². The molecule has 2 aromatic rings. The van der Waals surface area contributed by atoms with E-state index >= 15 is 0 Å². The maximum Gasteiger partial charge on any atom is 0.169 e. The van der Waals surface area contributed by atoms with Gasteiger partial charge in [-0.1, -0.05) is 38.4 Å². The highest BCUT2D eigenvalue weighted by Gasteiger charge is 2.19. The van der Waals surface area contributed by atoms with Crippen molar-refractivity contribution in [3.8, 4) is 17.2 Å². The number of hydrogen-bond donors (Lipinski definition) is 2. The first-order chi connectivity index (χ1) is 9.81. The van der Waals surface area contributed by atoms with E-state index in [1.165, 1.54) is 0 Å². The van der Waals surface area contributed by atoms with E-state index in [1.54, 1.807) is 24.3 Å². The van der Waals surface area contributed by atoms with E-state index in [9.17, 15) is 5.11 Å². The summed E-state index contributed by atoms with van der Waals surface area (Å²) >= 11 is 5.86. The van der Waals surface area contributed by atoms with Crippen molar-refractivity contribution in [1.29, 1.82) is 0 Å². The van der Waals surface area contributed by atoms with Crippen LogP contribution in [0.2, 0.25) is 5.02 Å². The molecular formula is C17H20ClNO2. The van der Waals surface area contributed by atoms with Gasteiger partial charge in [0.2, 0.25) is 0 Å². The third kappa shape index (κ3) is 3.69. The fourth-order valence-corrected chi connectivity index (χ4v) is 2.09. The average Bonchev–Trinajstić information content (AvgIpc) is 2.42. The minimum atomic E-state index is -0.0598. The summed E-state index contributed by atoms with van der Waals surface area (Å²) in [6.45, 7) is 6.57. The number of halogens is 1. The summed E-state index contributed by atoms with van der Waals surface area (Å²) in [7, 11) is 0. The van der Waals surface area contributed by atoms with Gasteiger partial charge in [-0.25, -0.2) is 0 Å². The molecular weight excluding hydrogens is 286 g/mol. The molecule has 0 aliphatic carbocycles. The van der Waals surface area contributed by atoms with Crippen molar-refractivity contribution in [3.63, 3.8) is 0 Å². The van der Waals surface area contributed by atoms with E-state index < -0.39 is 0 Å². The lowest BCUT2D eigenvalue weighted by Crippen LogP contribution is -2.12. The van der Waals surface area contributed by atoms with Crippen molar-refractivity contribution < 1.29 is 9.84 Å². The Morgan fingerprint density at radius 3 is 2.29 bits per heavy atom. The van der Waals surface area contributed by atoms with Crippen molar-refractivity contribution >= 4 is 11.6 Å². The highest BCUT2D eigenvalue weighted by Crippen LogP contribution is 2.38. The Balaban J connectivity index is 2.44. The molecule has 2 rings (SSSR count). The molecule has 2 aromatic carbocycles. The molecule has 21 heavy (non-hydrogen) atoms. The molecule has 0 unspecified atom stereocenters. The summed E-state index contributed by atoms with van der Waals surface area (Å²) in [6.07, 6.45) is 0. The van der Waals surface area contributed by atoms with Gasteiger partial charge >= 0.3 is 0 Å². The monoisotopic (exact) mass is 305 g/mol. The van der Waals surface area contributed by atoms with Crippen LogP contribution in [0.1, 0.15) is 31.9 Å². The fourth-order valence-electron chi connectivity index (χ4n) is 1.96. The van der Waals surface area contributed by atoms with Gasteiger partial charge in [-0.2, -0.15) is 0 Å². The Labute approximate surface area is 130 Å². The maximum absolute atomic E-state index is 10.3. The van der Waals surface area contributed by atoms with Crippen molar-refractivity contribution in [2.24, 2.45) is 5.73 Å². The molecule has 3 N–H and O–H groups in total. The Hall–Kier alpha value is -1.71. The summed E-state index contributed by atoms with van der Waals surface area (Å²) < 4.78 is 5.78. The fraction of sp³-hybridized carbons (Fsp3) is 0.294. The predicted molar refractivity (Wildman–Crippen MR) is 86.2 cm³/mol. The summed E-state index contributed by atoms with van der Waals surface area (Å²) in [5.41, 5.74) is 7.38. The van der Waals surface area contributed by atoms with Crippen molar-refractivity contribution in [2.75, 3.05) is 0 Å². The minimum absolute atomic E-state index is 0.0598. The second-order valence-electron chi connectivity index (χ2n) is 5.99. The Morgan fingerprint density at radius 1 is 1.14 bits per heavy atom. The largest absolute Gasteiger partial charge is 0.504 e. The van der Waals surface area contributed by atoms with Crippen molar-refractivity contribution in [1.82, 2.24) is 0 Å². The van der Waals surface area contributed by atoms with Gasteiger partial charge in [-0.05, 0) is 41.3 Å². The molecule has 0 fully saturated rings. The first kappa shape index (κ1) is 15.7. The summed E-state index contributed by atoms with van der Waals surface area (Å²) in [4.78, 5) is 0. The van der Waals surface area contributed by atoms with Crippen LogP contribution in [0.3, 0.4) is 0 Å². The van der Waals surface area contributed by atoms with E-state index in [0.29, 0.717) is 22.1 Å². The van der Waals surface area contributed by atoms with Gasteiger partial charge in [0.15, 0.2) is 11.5 Å². The first-order valence-corrected chi connectivity index (χ1v) is 7.19. The molecule has 0 radical (unpaired) electrons. The molecule has 0 aliphatic rings. The molecule has 0 saturated heterocycles. The van der Waals surface area contributed by atoms with Gasteiger partial charge in [-0.3, -0.25) is 0 Å². The van der Waals surface area contributed by atoms with Crippen LogP contribution in [0.25, 0.3) is 0 Å². The Kier molecular flexibility index (Phi) is 4.45. The molecule has 112 valence electrons. The number of nitrogens with two attached hydrogens (primary N) is 1. The molecule has 0 spiro atoms. The normalized spacial score (nSPS) is 11.5. The number of ether oxygens (including phenoxy) is 1. The van der Waals surface area contributed by atoms with E-state index in [-0.39, 0.29) is 17.7 Å². The number of rotatable bonds is 3. The van der Waals surface area contributed by atoms with Gasteiger partial charge in [0.25, 0.3) is 0 Å². The molecule has 0 bridgehead atoms. The van der Waals surface area contributed by atoms with E-state index in [4.69, 9.17) is 22.1 Å². The van der Waals surface area contributed by atoms with E-state index in [1.807, 2.05) is 12.1 Å². The second kappa shape index (κ2) is 5.96. The second-order valence-corrected chi connectivity index (χ2v) is 6.43. The predicted octanol–water partition coefficient (Wildman–Crippen LogP) is 4.59.